The summed E-state index contributed by atoms with van der Waals surface area (Å²) in [6.07, 6.45) is 2.22. The number of sulfonamides is 1. The number of halogens is 1. The molecule has 1 rings (SSSR count). The molecular formula is C11H15ClN2O2S. The molecule has 4 nitrogen and oxygen atoms in total. The van der Waals surface area contributed by atoms with Crippen LogP contribution in [0.3, 0.4) is 0 Å². The Bertz CT molecular complexity index is 527. The Morgan fingerprint density at radius 2 is 2.18 bits per heavy atom. The van der Waals surface area contributed by atoms with Crippen LogP contribution in [0.5, 0.6) is 0 Å². The van der Waals surface area contributed by atoms with Gasteiger partial charge in [0.25, 0.3) is 0 Å². The van der Waals surface area contributed by atoms with Gasteiger partial charge < -0.3 is 5.73 Å². The average Bonchev–Trinajstić information content (AvgIpc) is 2.23. The van der Waals surface area contributed by atoms with Gasteiger partial charge in [-0.25, -0.2) is 13.1 Å². The summed E-state index contributed by atoms with van der Waals surface area (Å²) in [5.74, 6) is 0. The molecule has 0 atom stereocenters. The van der Waals surface area contributed by atoms with Gasteiger partial charge in [0.2, 0.25) is 10.0 Å². The van der Waals surface area contributed by atoms with Gasteiger partial charge in [0.1, 0.15) is 0 Å². The maximum absolute atomic E-state index is 11.9. The molecule has 3 N–H and O–H groups in total. The molecular weight excluding hydrogens is 260 g/mol. The standard InChI is InChI=1S/C11H15ClN2O2S/c1-3-4-5-14-17(15,16)11-7-10(13)9(12)6-8(11)2/h3,6-7,14H,1,4-5,13H2,2H3. The molecule has 1 aromatic carbocycles. The Kier molecular flexibility index (Phi) is 4.56. The molecule has 0 aliphatic rings. The van der Waals surface area contributed by atoms with Crippen molar-refractivity contribution in [2.24, 2.45) is 0 Å². The fourth-order valence-electron chi connectivity index (χ4n) is 1.33. The quantitative estimate of drug-likeness (QED) is 0.491. The lowest BCUT2D eigenvalue weighted by Gasteiger charge is -2.10. The zero-order chi connectivity index (χ0) is 13.1. The summed E-state index contributed by atoms with van der Waals surface area (Å²) in [5.41, 5.74) is 6.42. The first kappa shape index (κ1) is 14.0. The summed E-state index contributed by atoms with van der Waals surface area (Å²) >= 11 is 5.81. The third-order valence-corrected chi connectivity index (χ3v) is 4.15. The molecule has 0 unspecified atom stereocenters. The smallest absolute Gasteiger partial charge is 0.240 e. The van der Waals surface area contributed by atoms with Crippen LogP contribution in [0.2, 0.25) is 5.02 Å². The van der Waals surface area contributed by atoms with Gasteiger partial charge in [0.15, 0.2) is 0 Å². The van der Waals surface area contributed by atoms with E-state index in [1.165, 1.54) is 6.07 Å². The molecule has 0 heterocycles. The van der Waals surface area contributed by atoms with Crippen LogP contribution >= 0.6 is 11.6 Å². The van der Waals surface area contributed by atoms with Crippen LogP contribution in [0, 0.1) is 6.92 Å². The maximum Gasteiger partial charge on any atom is 0.240 e. The lowest BCUT2D eigenvalue weighted by atomic mass is 10.2. The van der Waals surface area contributed by atoms with E-state index < -0.39 is 10.0 Å². The van der Waals surface area contributed by atoms with Crippen molar-refractivity contribution in [1.29, 1.82) is 0 Å². The summed E-state index contributed by atoms with van der Waals surface area (Å²) in [5, 5.41) is 0.354. The van der Waals surface area contributed by atoms with Gasteiger partial charge >= 0.3 is 0 Å². The highest BCUT2D eigenvalue weighted by Gasteiger charge is 2.17. The number of hydrogen-bond donors (Lipinski definition) is 2. The highest BCUT2D eigenvalue weighted by molar-refractivity contribution is 7.89. The minimum absolute atomic E-state index is 0.156. The first-order valence-electron chi connectivity index (χ1n) is 5.04. The topological polar surface area (TPSA) is 72.2 Å². The van der Waals surface area contributed by atoms with E-state index in [2.05, 4.69) is 11.3 Å². The van der Waals surface area contributed by atoms with Crippen molar-refractivity contribution in [3.05, 3.63) is 35.4 Å². The van der Waals surface area contributed by atoms with Crippen molar-refractivity contribution in [2.75, 3.05) is 12.3 Å². The maximum atomic E-state index is 11.9. The molecule has 0 bridgehead atoms. The van der Waals surface area contributed by atoms with E-state index in [1.807, 2.05) is 0 Å². The van der Waals surface area contributed by atoms with Gasteiger partial charge in [0, 0.05) is 6.54 Å². The molecule has 0 aromatic heterocycles. The summed E-state index contributed by atoms with van der Waals surface area (Å²) in [4.78, 5) is 0.156. The highest BCUT2D eigenvalue weighted by atomic mass is 35.5. The second-order valence-electron chi connectivity index (χ2n) is 3.61. The van der Waals surface area contributed by atoms with Gasteiger partial charge in [-0.3, -0.25) is 0 Å². The second kappa shape index (κ2) is 5.53. The molecule has 0 aliphatic heterocycles. The van der Waals surface area contributed by atoms with E-state index in [0.29, 0.717) is 23.6 Å². The van der Waals surface area contributed by atoms with Crippen molar-refractivity contribution in [1.82, 2.24) is 4.72 Å². The van der Waals surface area contributed by atoms with E-state index in [-0.39, 0.29) is 10.6 Å². The van der Waals surface area contributed by atoms with Gasteiger partial charge in [-0.15, -0.1) is 6.58 Å². The monoisotopic (exact) mass is 274 g/mol. The van der Waals surface area contributed by atoms with Crippen molar-refractivity contribution in [2.45, 2.75) is 18.2 Å². The van der Waals surface area contributed by atoms with E-state index in [0.717, 1.165) is 0 Å². The van der Waals surface area contributed by atoms with Crippen LogP contribution in [-0.4, -0.2) is 15.0 Å². The Morgan fingerprint density at radius 3 is 2.76 bits per heavy atom. The van der Waals surface area contributed by atoms with Crippen LogP contribution < -0.4 is 10.5 Å². The Labute approximate surface area is 107 Å². The molecule has 0 saturated carbocycles. The van der Waals surface area contributed by atoms with E-state index in [4.69, 9.17) is 17.3 Å². The first-order chi connectivity index (χ1) is 7.88. The third-order valence-electron chi connectivity index (χ3n) is 2.22. The SMILES string of the molecule is C=CCCNS(=O)(=O)c1cc(N)c(Cl)cc1C. The van der Waals surface area contributed by atoms with E-state index in [1.54, 1.807) is 19.1 Å². The average molecular weight is 275 g/mol. The molecule has 6 heteroatoms. The molecule has 0 radical (unpaired) electrons. The molecule has 0 fully saturated rings. The minimum atomic E-state index is -3.54. The highest BCUT2D eigenvalue weighted by Crippen LogP contribution is 2.25. The molecule has 0 spiro atoms. The number of aryl methyl sites for hydroxylation is 1. The van der Waals surface area contributed by atoms with Crippen molar-refractivity contribution >= 4 is 27.3 Å². The predicted molar refractivity (Wildman–Crippen MR) is 70.6 cm³/mol. The molecule has 0 amide bonds. The first-order valence-corrected chi connectivity index (χ1v) is 6.91. The molecule has 0 saturated heterocycles. The van der Waals surface area contributed by atoms with Crippen LogP contribution in [-0.2, 0) is 10.0 Å². The number of benzene rings is 1. The normalized spacial score (nSPS) is 11.4. The van der Waals surface area contributed by atoms with Crippen molar-refractivity contribution in [3.8, 4) is 0 Å². The summed E-state index contributed by atoms with van der Waals surface area (Å²) in [6.45, 7) is 5.51. The van der Waals surface area contributed by atoms with Gasteiger partial charge in [-0.1, -0.05) is 17.7 Å². The zero-order valence-electron chi connectivity index (χ0n) is 9.53. The third kappa shape index (κ3) is 3.46. The number of nitrogens with two attached hydrogens (primary N) is 1. The summed E-state index contributed by atoms with van der Waals surface area (Å²) in [7, 11) is -3.54. The number of nitrogens with one attached hydrogen (secondary N) is 1. The lowest BCUT2D eigenvalue weighted by molar-refractivity contribution is 0.581. The fourth-order valence-corrected chi connectivity index (χ4v) is 2.86. The Morgan fingerprint density at radius 1 is 1.53 bits per heavy atom. The Balaban J connectivity index is 3.06. The number of anilines is 1. The van der Waals surface area contributed by atoms with Gasteiger partial charge in [0.05, 0.1) is 15.6 Å². The predicted octanol–water partition coefficient (Wildman–Crippen LogP) is 2.09. The minimum Gasteiger partial charge on any atom is -0.397 e. The van der Waals surface area contributed by atoms with Crippen molar-refractivity contribution in [3.63, 3.8) is 0 Å². The van der Waals surface area contributed by atoms with Gasteiger partial charge in [-0.05, 0) is 31.0 Å². The van der Waals surface area contributed by atoms with Crippen LogP contribution in [0.25, 0.3) is 0 Å². The molecule has 0 aliphatic carbocycles. The van der Waals surface area contributed by atoms with E-state index in [9.17, 15) is 8.42 Å². The van der Waals surface area contributed by atoms with Crippen LogP contribution in [0.15, 0.2) is 29.7 Å². The van der Waals surface area contributed by atoms with Crippen LogP contribution in [0.4, 0.5) is 5.69 Å². The number of hydrogen-bond acceptors (Lipinski definition) is 3. The molecule has 94 valence electrons. The number of rotatable bonds is 5. The largest absolute Gasteiger partial charge is 0.397 e. The van der Waals surface area contributed by atoms with Crippen LogP contribution in [0.1, 0.15) is 12.0 Å². The lowest BCUT2D eigenvalue weighted by Crippen LogP contribution is -2.25. The van der Waals surface area contributed by atoms with E-state index >= 15 is 0 Å². The molecule has 1 aromatic rings. The second-order valence-corrected chi connectivity index (χ2v) is 5.76. The summed E-state index contributed by atoms with van der Waals surface area (Å²) < 4.78 is 26.4. The van der Waals surface area contributed by atoms with Crippen molar-refractivity contribution < 1.29 is 8.42 Å². The summed E-state index contributed by atoms with van der Waals surface area (Å²) in [6, 6.07) is 2.91. The molecule has 17 heavy (non-hydrogen) atoms. The zero-order valence-corrected chi connectivity index (χ0v) is 11.1. The fraction of sp³-hybridized carbons (Fsp3) is 0.273. The number of nitrogen functional groups attached to an aromatic ring is 1. The Hall–Kier alpha value is -1.04. The van der Waals surface area contributed by atoms with Gasteiger partial charge in [-0.2, -0.15) is 0 Å².